The third kappa shape index (κ3) is 4.91. The number of rotatable bonds is 7. The molecule has 0 spiro atoms. The van der Waals surface area contributed by atoms with E-state index in [0.717, 1.165) is 16.9 Å². The van der Waals surface area contributed by atoms with E-state index in [4.69, 9.17) is 9.26 Å². The molecule has 32 heavy (non-hydrogen) atoms. The van der Waals surface area contributed by atoms with Crippen LogP contribution in [0.5, 0.6) is 5.75 Å². The molecular formula is C24H23BrN4O3. The fraction of sp³-hybridized carbons (Fsp3) is 0.208. The van der Waals surface area contributed by atoms with Gasteiger partial charge >= 0.3 is 0 Å². The SMILES string of the molecule is Cc1ccc(Cn2cc(Br)c(NC(=O)c3noc(C)c3COc3ccccc3C)n2)cc1. The number of anilines is 1. The van der Waals surface area contributed by atoms with Crippen molar-refractivity contribution in [3.8, 4) is 5.75 Å². The molecule has 8 heteroatoms. The highest BCUT2D eigenvalue weighted by molar-refractivity contribution is 9.10. The Hall–Kier alpha value is -3.39. The van der Waals surface area contributed by atoms with Crippen LogP contribution < -0.4 is 10.1 Å². The second-order valence-corrected chi connectivity index (χ2v) is 8.44. The lowest BCUT2D eigenvalue weighted by Gasteiger charge is -2.09. The Balaban J connectivity index is 1.47. The summed E-state index contributed by atoms with van der Waals surface area (Å²) in [4.78, 5) is 12.9. The van der Waals surface area contributed by atoms with Crippen molar-refractivity contribution in [3.63, 3.8) is 0 Å². The van der Waals surface area contributed by atoms with Gasteiger partial charge in [-0.2, -0.15) is 5.10 Å². The average Bonchev–Trinajstić information content (AvgIpc) is 3.31. The topological polar surface area (TPSA) is 82.2 Å². The third-order valence-corrected chi connectivity index (χ3v) is 5.66. The van der Waals surface area contributed by atoms with Crippen LogP contribution in [0.2, 0.25) is 0 Å². The fourth-order valence-corrected chi connectivity index (χ4v) is 3.63. The summed E-state index contributed by atoms with van der Waals surface area (Å²) in [5.41, 5.74) is 4.10. The number of aryl methyl sites for hydroxylation is 3. The van der Waals surface area contributed by atoms with Gasteiger partial charge in [0.1, 0.15) is 18.1 Å². The molecule has 1 N–H and O–H groups in total. The van der Waals surface area contributed by atoms with Crippen molar-refractivity contribution in [1.82, 2.24) is 14.9 Å². The van der Waals surface area contributed by atoms with E-state index < -0.39 is 5.91 Å². The first-order valence-corrected chi connectivity index (χ1v) is 10.9. The summed E-state index contributed by atoms with van der Waals surface area (Å²) in [5, 5.41) is 11.2. The lowest BCUT2D eigenvalue weighted by atomic mass is 10.1. The Morgan fingerprint density at radius 1 is 1.12 bits per heavy atom. The van der Waals surface area contributed by atoms with Crippen molar-refractivity contribution >= 4 is 27.7 Å². The van der Waals surface area contributed by atoms with Gasteiger partial charge in [-0.05, 0) is 53.9 Å². The maximum Gasteiger partial charge on any atom is 0.279 e. The molecule has 0 radical (unpaired) electrons. The highest BCUT2D eigenvalue weighted by Crippen LogP contribution is 2.24. The lowest BCUT2D eigenvalue weighted by Crippen LogP contribution is -2.16. The number of amides is 1. The van der Waals surface area contributed by atoms with E-state index >= 15 is 0 Å². The summed E-state index contributed by atoms with van der Waals surface area (Å²) in [6.07, 6.45) is 1.83. The van der Waals surface area contributed by atoms with Gasteiger partial charge in [0.2, 0.25) is 0 Å². The molecule has 0 bridgehead atoms. The smallest absolute Gasteiger partial charge is 0.279 e. The zero-order valence-corrected chi connectivity index (χ0v) is 19.6. The van der Waals surface area contributed by atoms with E-state index in [0.29, 0.717) is 28.2 Å². The van der Waals surface area contributed by atoms with Gasteiger partial charge < -0.3 is 14.6 Å². The molecule has 0 saturated heterocycles. The molecule has 7 nitrogen and oxygen atoms in total. The maximum atomic E-state index is 12.9. The fourth-order valence-electron chi connectivity index (χ4n) is 3.22. The number of benzene rings is 2. The molecule has 4 rings (SSSR count). The molecule has 4 aromatic rings. The van der Waals surface area contributed by atoms with Crippen LogP contribution in [-0.2, 0) is 13.2 Å². The first-order valence-electron chi connectivity index (χ1n) is 10.1. The average molecular weight is 495 g/mol. The standard InChI is InChI=1S/C24H23BrN4O3/c1-15-8-10-18(11-9-15)12-29-13-20(25)23(27-29)26-24(30)22-19(17(3)32-28-22)14-31-21-7-5-4-6-16(21)2/h4-11,13H,12,14H2,1-3H3,(H,26,27,30). The number of nitrogens with one attached hydrogen (secondary N) is 1. The minimum absolute atomic E-state index is 0.173. The predicted molar refractivity (Wildman–Crippen MR) is 125 cm³/mol. The van der Waals surface area contributed by atoms with E-state index in [1.165, 1.54) is 5.56 Å². The van der Waals surface area contributed by atoms with Crippen LogP contribution >= 0.6 is 15.9 Å². The molecule has 0 unspecified atom stereocenters. The van der Waals surface area contributed by atoms with Crippen molar-refractivity contribution in [1.29, 1.82) is 0 Å². The second kappa shape index (κ2) is 9.40. The Morgan fingerprint density at radius 2 is 1.88 bits per heavy atom. The number of carbonyl (C=O) groups excluding carboxylic acids is 1. The van der Waals surface area contributed by atoms with Crippen molar-refractivity contribution in [2.75, 3.05) is 5.32 Å². The number of para-hydroxylation sites is 1. The number of aromatic nitrogens is 3. The van der Waals surface area contributed by atoms with Crippen molar-refractivity contribution in [2.45, 2.75) is 33.9 Å². The van der Waals surface area contributed by atoms with Crippen LogP contribution in [0, 0.1) is 20.8 Å². The van der Waals surface area contributed by atoms with Crippen LogP contribution in [0.4, 0.5) is 5.82 Å². The summed E-state index contributed by atoms with van der Waals surface area (Å²) in [5.74, 6) is 1.28. The van der Waals surface area contributed by atoms with Gasteiger partial charge in [0.15, 0.2) is 11.5 Å². The molecule has 0 aliphatic heterocycles. The lowest BCUT2D eigenvalue weighted by molar-refractivity contribution is 0.101. The molecule has 0 aliphatic carbocycles. The highest BCUT2D eigenvalue weighted by Gasteiger charge is 2.22. The Kier molecular flexibility index (Phi) is 6.41. The van der Waals surface area contributed by atoms with Gasteiger partial charge in [-0.15, -0.1) is 0 Å². The zero-order chi connectivity index (χ0) is 22.7. The van der Waals surface area contributed by atoms with E-state index in [1.807, 2.05) is 44.3 Å². The van der Waals surface area contributed by atoms with Crippen LogP contribution in [0.1, 0.15) is 38.5 Å². The van der Waals surface area contributed by atoms with Crippen molar-refractivity contribution < 1.29 is 14.1 Å². The predicted octanol–water partition coefficient (Wildman–Crippen LogP) is 5.44. The molecule has 0 aliphatic rings. The molecular weight excluding hydrogens is 472 g/mol. The molecule has 0 fully saturated rings. The van der Waals surface area contributed by atoms with Gasteiger partial charge in [-0.3, -0.25) is 9.48 Å². The maximum absolute atomic E-state index is 12.9. The number of hydrogen-bond donors (Lipinski definition) is 1. The number of carbonyl (C=O) groups is 1. The molecule has 1 amide bonds. The van der Waals surface area contributed by atoms with Gasteiger partial charge in [0.25, 0.3) is 5.91 Å². The van der Waals surface area contributed by atoms with Gasteiger partial charge in [-0.1, -0.05) is 53.2 Å². The number of halogens is 1. The Morgan fingerprint density at radius 3 is 2.62 bits per heavy atom. The van der Waals surface area contributed by atoms with Gasteiger partial charge in [-0.25, -0.2) is 0 Å². The first-order chi connectivity index (χ1) is 15.4. The molecule has 0 atom stereocenters. The van der Waals surface area contributed by atoms with E-state index in [1.54, 1.807) is 11.6 Å². The molecule has 2 heterocycles. The van der Waals surface area contributed by atoms with Crippen LogP contribution in [-0.4, -0.2) is 20.8 Å². The largest absolute Gasteiger partial charge is 0.488 e. The minimum atomic E-state index is -0.411. The monoisotopic (exact) mass is 494 g/mol. The van der Waals surface area contributed by atoms with Crippen LogP contribution in [0.3, 0.4) is 0 Å². The van der Waals surface area contributed by atoms with Gasteiger partial charge in [0, 0.05) is 6.20 Å². The van der Waals surface area contributed by atoms with E-state index in [9.17, 15) is 4.79 Å². The molecule has 2 aromatic carbocycles. The normalized spacial score (nSPS) is 10.9. The Labute approximate surface area is 194 Å². The molecule has 0 saturated carbocycles. The summed E-state index contributed by atoms with van der Waals surface area (Å²) in [7, 11) is 0. The van der Waals surface area contributed by atoms with E-state index in [2.05, 4.69) is 55.8 Å². The van der Waals surface area contributed by atoms with Crippen molar-refractivity contribution in [2.24, 2.45) is 0 Å². The van der Waals surface area contributed by atoms with Crippen LogP contribution in [0.15, 0.2) is 63.7 Å². The quantitative estimate of drug-likeness (QED) is 0.369. The molecule has 2 aromatic heterocycles. The zero-order valence-electron chi connectivity index (χ0n) is 18.1. The Bertz CT molecular complexity index is 1240. The number of nitrogens with zero attached hydrogens (tertiary/aromatic N) is 3. The van der Waals surface area contributed by atoms with Gasteiger partial charge in [0.05, 0.1) is 16.6 Å². The second-order valence-electron chi connectivity index (χ2n) is 7.58. The van der Waals surface area contributed by atoms with E-state index in [-0.39, 0.29) is 12.3 Å². The summed E-state index contributed by atoms with van der Waals surface area (Å²) >= 11 is 3.47. The number of hydrogen-bond acceptors (Lipinski definition) is 5. The highest BCUT2D eigenvalue weighted by atomic mass is 79.9. The third-order valence-electron chi connectivity index (χ3n) is 5.08. The number of ether oxygens (including phenoxy) is 1. The van der Waals surface area contributed by atoms with Crippen LogP contribution in [0.25, 0.3) is 0 Å². The minimum Gasteiger partial charge on any atom is -0.488 e. The van der Waals surface area contributed by atoms with Crippen molar-refractivity contribution in [3.05, 3.63) is 92.9 Å². The molecule has 164 valence electrons. The summed E-state index contributed by atoms with van der Waals surface area (Å²) in [6, 6.07) is 15.9. The summed E-state index contributed by atoms with van der Waals surface area (Å²) in [6.45, 7) is 6.54. The summed E-state index contributed by atoms with van der Waals surface area (Å²) < 4.78 is 13.6. The first kappa shape index (κ1) is 21.8.